The molecule has 0 bridgehead atoms. The number of halogens is 2. The van der Waals surface area contributed by atoms with Crippen molar-refractivity contribution in [1.29, 1.82) is 0 Å². The van der Waals surface area contributed by atoms with Gasteiger partial charge in [-0.15, -0.1) is 0 Å². The zero-order valence-corrected chi connectivity index (χ0v) is 12.9. The van der Waals surface area contributed by atoms with E-state index in [0.29, 0.717) is 17.6 Å². The number of hydrogen-bond donors (Lipinski definition) is 1. The molecule has 2 aromatic rings. The number of methoxy groups -OCH3 is 1. The van der Waals surface area contributed by atoms with E-state index in [2.05, 4.69) is 27.3 Å². The first kappa shape index (κ1) is 15.0. The van der Waals surface area contributed by atoms with Crippen LogP contribution in [0, 0.1) is 5.82 Å². The van der Waals surface area contributed by atoms with Gasteiger partial charge in [-0.1, -0.05) is 30.3 Å². The van der Waals surface area contributed by atoms with Gasteiger partial charge in [-0.05, 0) is 45.6 Å². The van der Waals surface area contributed by atoms with Crippen molar-refractivity contribution < 1.29 is 9.13 Å². The van der Waals surface area contributed by atoms with Gasteiger partial charge < -0.3 is 10.1 Å². The van der Waals surface area contributed by atoms with E-state index in [9.17, 15) is 4.39 Å². The summed E-state index contributed by atoms with van der Waals surface area (Å²) in [4.78, 5) is 0. The van der Waals surface area contributed by atoms with Gasteiger partial charge in [0.2, 0.25) is 0 Å². The highest BCUT2D eigenvalue weighted by molar-refractivity contribution is 9.10. The van der Waals surface area contributed by atoms with E-state index >= 15 is 0 Å². The van der Waals surface area contributed by atoms with E-state index < -0.39 is 0 Å². The van der Waals surface area contributed by atoms with Crippen LogP contribution in [0.15, 0.2) is 46.9 Å². The van der Waals surface area contributed by atoms with Gasteiger partial charge in [0.25, 0.3) is 0 Å². The number of para-hydroxylation sites is 1. The molecular formula is C16H17BrFNO. The fraction of sp³-hybridized carbons (Fsp3) is 0.250. The summed E-state index contributed by atoms with van der Waals surface area (Å²) in [5, 5.41) is 3.35. The molecule has 0 aliphatic carbocycles. The molecule has 0 saturated carbocycles. The highest BCUT2D eigenvalue weighted by atomic mass is 79.9. The Morgan fingerprint density at radius 3 is 2.65 bits per heavy atom. The summed E-state index contributed by atoms with van der Waals surface area (Å²) in [6, 6.07) is 13.2. The molecule has 0 atom stereocenters. The third kappa shape index (κ3) is 3.81. The van der Waals surface area contributed by atoms with Crippen LogP contribution in [0.5, 0.6) is 0 Å². The summed E-state index contributed by atoms with van der Waals surface area (Å²) in [7, 11) is 1.69. The third-order valence-corrected chi connectivity index (χ3v) is 3.98. The lowest BCUT2D eigenvalue weighted by atomic mass is 10.1. The van der Waals surface area contributed by atoms with Crippen molar-refractivity contribution >= 4 is 21.6 Å². The molecule has 0 aromatic heterocycles. The van der Waals surface area contributed by atoms with Crippen molar-refractivity contribution in [3.05, 3.63) is 63.9 Å². The van der Waals surface area contributed by atoms with Crippen molar-refractivity contribution in [2.45, 2.75) is 13.0 Å². The Morgan fingerprint density at radius 2 is 1.85 bits per heavy atom. The first-order chi connectivity index (χ1) is 9.72. The summed E-state index contributed by atoms with van der Waals surface area (Å²) >= 11 is 3.28. The second kappa shape index (κ2) is 7.41. The molecule has 0 amide bonds. The first-order valence-corrected chi connectivity index (χ1v) is 7.25. The maximum absolute atomic E-state index is 13.5. The molecule has 2 rings (SSSR count). The van der Waals surface area contributed by atoms with Gasteiger partial charge in [0.15, 0.2) is 0 Å². The minimum absolute atomic E-state index is 0.239. The summed E-state index contributed by atoms with van der Waals surface area (Å²) in [6.45, 7) is 1.25. The van der Waals surface area contributed by atoms with Crippen LogP contribution in [0.2, 0.25) is 0 Å². The summed E-state index contributed by atoms with van der Waals surface area (Å²) in [5.74, 6) is -0.239. The number of anilines is 1. The Hall–Kier alpha value is -1.39. The van der Waals surface area contributed by atoms with Crippen LogP contribution in [0.1, 0.15) is 11.1 Å². The molecule has 0 fully saturated rings. The molecule has 0 aliphatic heterocycles. The Bertz CT molecular complexity index is 574. The molecule has 20 heavy (non-hydrogen) atoms. The zero-order chi connectivity index (χ0) is 14.4. The fourth-order valence-corrected chi connectivity index (χ4v) is 2.40. The van der Waals surface area contributed by atoms with E-state index in [1.807, 2.05) is 24.3 Å². The largest absolute Gasteiger partial charge is 0.384 e. The predicted octanol–water partition coefficient (Wildman–Crippen LogP) is 4.39. The standard InChI is InChI=1S/C16H17BrFNO/c1-20-10-9-12-5-2-3-8-15(12)19-11-13-6-4-7-14(18)16(13)17/h2-8,19H,9-11H2,1H3. The van der Waals surface area contributed by atoms with Gasteiger partial charge in [-0.25, -0.2) is 4.39 Å². The van der Waals surface area contributed by atoms with Crippen LogP contribution in [0.4, 0.5) is 10.1 Å². The predicted molar refractivity (Wildman–Crippen MR) is 83.4 cm³/mol. The molecule has 1 N–H and O–H groups in total. The molecule has 106 valence electrons. The summed E-state index contributed by atoms with van der Waals surface area (Å²) in [6.07, 6.45) is 0.851. The molecule has 4 heteroatoms. The van der Waals surface area contributed by atoms with Gasteiger partial charge in [0.05, 0.1) is 11.1 Å². The molecule has 2 aromatic carbocycles. The average Bonchev–Trinajstić information content (AvgIpc) is 2.47. The second-order valence-electron chi connectivity index (χ2n) is 4.47. The van der Waals surface area contributed by atoms with Crippen LogP contribution in [0.25, 0.3) is 0 Å². The SMILES string of the molecule is COCCc1ccccc1NCc1cccc(F)c1Br. The van der Waals surface area contributed by atoms with E-state index in [1.165, 1.54) is 11.6 Å². The van der Waals surface area contributed by atoms with E-state index in [1.54, 1.807) is 13.2 Å². The van der Waals surface area contributed by atoms with Gasteiger partial charge in [-0.3, -0.25) is 0 Å². The van der Waals surface area contributed by atoms with E-state index in [-0.39, 0.29) is 5.82 Å². The maximum Gasteiger partial charge on any atom is 0.137 e. The fourth-order valence-electron chi connectivity index (χ4n) is 2.00. The number of benzene rings is 2. The highest BCUT2D eigenvalue weighted by Crippen LogP contribution is 2.22. The third-order valence-electron chi connectivity index (χ3n) is 3.09. The number of hydrogen-bond acceptors (Lipinski definition) is 2. The van der Waals surface area contributed by atoms with Crippen LogP contribution in [-0.4, -0.2) is 13.7 Å². The van der Waals surface area contributed by atoms with Crippen LogP contribution in [-0.2, 0) is 17.7 Å². The minimum Gasteiger partial charge on any atom is -0.384 e. The molecule has 0 saturated heterocycles. The molecule has 0 radical (unpaired) electrons. The van der Waals surface area contributed by atoms with E-state index in [0.717, 1.165) is 17.7 Å². The summed E-state index contributed by atoms with van der Waals surface area (Å²) in [5.41, 5.74) is 3.15. The van der Waals surface area contributed by atoms with Crippen molar-refractivity contribution in [2.24, 2.45) is 0 Å². The Balaban J connectivity index is 2.09. The number of ether oxygens (including phenoxy) is 1. The zero-order valence-electron chi connectivity index (χ0n) is 11.3. The number of nitrogens with one attached hydrogen (secondary N) is 1. The van der Waals surface area contributed by atoms with Crippen molar-refractivity contribution in [1.82, 2.24) is 0 Å². The molecule has 2 nitrogen and oxygen atoms in total. The first-order valence-electron chi connectivity index (χ1n) is 6.46. The molecule has 0 heterocycles. The molecular weight excluding hydrogens is 321 g/mol. The maximum atomic E-state index is 13.5. The summed E-state index contributed by atoms with van der Waals surface area (Å²) < 4.78 is 19.1. The Kier molecular flexibility index (Phi) is 5.56. The molecule has 0 spiro atoms. The lowest BCUT2D eigenvalue weighted by Crippen LogP contribution is -2.05. The van der Waals surface area contributed by atoms with Gasteiger partial charge in [0.1, 0.15) is 5.82 Å². The van der Waals surface area contributed by atoms with Crippen LogP contribution >= 0.6 is 15.9 Å². The minimum atomic E-state index is -0.239. The average molecular weight is 338 g/mol. The Labute approximate surface area is 127 Å². The molecule has 0 aliphatic rings. The highest BCUT2D eigenvalue weighted by Gasteiger charge is 2.06. The van der Waals surface area contributed by atoms with Gasteiger partial charge >= 0.3 is 0 Å². The number of rotatable bonds is 6. The van der Waals surface area contributed by atoms with Crippen molar-refractivity contribution in [3.63, 3.8) is 0 Å². The van der Waals surface area contributed by atoms with Crippen LogP contribution in [0.3, 0.4) is 0 Å². The van der Waals surface area contributed by atoms with Gasteiger partial charge in [0, 0.05) is 19.3 Å². The van der Waals surface area contributed by atoms with Crippen molar-refractivity contribution in [2.75, 3.05) is 19.0 Å². The quantitative estimate of drug-likeness (QED) is 0.844. The van der Waals surface area contributed by atoms with Crippen LogP contribution < -0.4 is 5.32 Å². The van der Waals surface area contributed by atoms with Crippen molar-refractivity contribution in [3.8, 4) is 0 Å². The Morgan fingerprint density at radius 1 is 1.10 bits per heavy atom. The molecule has 0 unspecified atom stereocenters. The van der Waals surface area contributed by atoms with E-state index in [4.69, 9.17) is 4.74 Å². The topological polar surface area (TPSA) is 21.3 Å². The van der Waals surface area contributed by atoms with Gasteiger partial charge in [-0.2, -0.15) is 0 Å². The monoisotopic (exact) mass is 337 g/mol. The normalized spacial score (nSPS) is 10.6. The smallest absolute Gasteiger partial charge is 0.137 e. The lowest BCUT2D eigenvalue weighted by molar-refractivity contribution is 0.202. The second-order valence-corrected chi connectivity index (χ2v) is 5.26. The lowest BCUT2D eigenvalue weighted by Gasteiger charge is -2.13.